The van der Waals surface area contributed by atoms with Crippen molar-refractivity contribution < 1.29 is 9.84 Å². The lowest BCUT2D eigenvalue weighted by Gasteiger charge is -2.05. The molecule has 0 saturated heterocycles. The number of fused-ring (bicyclic) bond motifs is 1. The van der Waals surface area contributed by atoms with Gasteiger partial charge in [-0.05, 0) is 24.5 Å². The smallest absolute Gasteiger partial charge is 0.326 e. The van der Waals surface area contributed by atoms with E-state index in [-0.39, 0.29) is 23.6 Å². The summed E-state index contributed by atoms with van der Waals surface area (Å²) < 4.78 is 7.32. The van der Waals surface area contributed by atoms with Crippen LogP contribution in [0.3, 0.4) is 0 Å². The third-order valence-corrected chi connectivity index (χ3v) is 4.45. The Balaban J connectivity index is 1.61. The molecule has 3 N–H and O–H groups in total. The largest absolute Gasteiger partial charge is 0.493 e. The number of aromatic amines is 2. The average molecular weight is 391 g/mol. The van der Waals surface area contributed by atoms with Gasteiger partial charge in [0.2, 0.25) is 5.88 Å². The summed E-state index contributed by atoms with van der Waals surface area (Å²) in [7, 11) is 0. The summed E-state index contributed by atoms with van der Waals surface area (Å²) in [5, 5.41) is 14.7. The highest BCUT2D eigenvalue weighted by Gasteiger charge is 2.21. The Labute approximate surface area is 163 Å². The van der Waals surface area contributed by atoms with Crippen molar-refractivity contribution >= 4 is 11.7 Å². The number of aromatic nitrogens is 6. The Morgan fingerprint density at radius 1 is 1.24 bits per heavy atom. The predicted molar refractivity (Wildman–Crippen MR) is 102 cm³/mol. The Morgan fingerprint density at radius 3 is 2.79 bits per heavy atom. The zero-order valence-electron chi connectivity index (χ0n) is 15.2. The van der Waals surface area contributed by atoms with E-state index in [1.54, 1.807) is 12.3 Å². The molecular formula is C19H17N7O3. The SMILES string of the molecule is O=c1[nH]c(O)c(C=c2cnn3c(=NC4CC4)nc(OCc4ccccc4)nc23)[nH]1. The Morgan fingerprint density at radius 2 is 2.07 bits per heavy atom. The second kappa shape index (κ2) is 6.89. The van der Waals surface area contributed by atoms with Crippen LogP contribution in [0.5, 0.6) is 11.9 Å². The molecule has 0 radical (unpaired) electrons. The van der Waals surface area contributed by atoms with Crippen molar-refractivity contribution in [1.29, 1.82) is 0 Å². The van der Waals surface area contributed by atoms with Crippen molar-refractivity contribution in [2.45, 2.75) is 25.5 Å². The molecule has 0 aliphatic heterocycles. The van der Waals surface area contributed by atoms with Crippen LogP contribution in [0.25, 0.3) is 11.7 Å². The van der Waals surface area contributed by atoms with Gasteiger partial charge in [-0.2, -0.15) is 19.6 Å². The van der Waals surface area contributed by atoms with Crippen LogP contribution in [0.15, 0.2) is 46.3 Å². The van der Waals surface area contributed by atoms with Crippen molar-refractivity contribution in [3.63, 3.8) is 0 Å². The van der Waals surface area contributed by atoms with Crippen molar-refractivity contribution in [2.75, 3.05) is 0 Å². The first-order valence-electron chi connectivity index (χ1n) is 9.15. The minimum Gasteiger partial charge on any atom is -0.493 e. The van der Waals surface area contributed by atoms with Gasteiger partial charge in [-0.3, -0.25) is 4.98 Å². The van der Waals surface area contributed by atoms with Crippen molar-refractivity contribution in [3.8, 4) is 11.9 Å². The third-order valence-electron chi connectivity index (χ3n) is 4.45. The van der Waals surface area contributed by atoms with Gasteiger partial charge in [0.25, 0.3) is 5.62 Å². The van der Waals surface area contributed by atoms with E-state index in [1.807, 2.05) is 30.3 Å². The summed E-state index contributed by atoms with van der Waals surface area (Å²) in [6, 6.07) is 10.1. The Hall–Kier alpha value is -3.95. The maximum absolute atomic E-state index is 11.4. The number of imidazole rings is 1. The van der Waals surface area contributed by atoms with E-state index in [0.29, 0.717) is 23.1 Å². The summed E-state index contributed by atoms with van der Waals surface area (Å²) in [5.74, 6) is -0.258. The molecule has 1 aliphatic rings. The van der Waals surface area contributed by atoms with Gasteiger partial charge >= 0.3 is 11.7 Å². The molecule has 146 valence electrons. The number of H-pyrrole nitrogens is 2. The van der Waals surface area contributed by atoms with Gasteiger partial charge in [-0.15, -0.1) is 0 Å². The second-order valence-electron chi connectivity index (χ2n) is 6.76. The molecule has 0 spiro atoms. The monoisotopic (exact) mass is 391 g/mol. The normalized spacial score (nSPS) is 15.3. The molecule has 10 heteroatoms. The summed E-state index contributed by atoms with van der Waals surface area (Å²) in [4.78, 5) is 29.6. The molecule has 29 heavy (non-hydrogen) atoms. The number of hydrogen-bond acceptors (Lipinski definition) is 7. The molecule has 4 aromatic rings. The van der Waals surface area contributed by atoms with E-state index in [1.165, 1.54) is 4.52 Å². The fraction of sp³-hybridized carbons (Fsp3) is 0.211. The Kier molecular flexibility index (Phi) is 4.08. The van der Waals surface area contributed by atoms with E-state index in [2.05, 4.69) is 30.0 Å². The van der Waals surface area contributed by atoms with Crippen LogP contribution in [-0.2, 0) is 6.61 Å². The quantitative estimate of drug-likeness (QED) is 0.440. The third kappa shape index (κ3) is 3.59. The van der Waals surface area contributed by atoms with Crippen molar-refractivity contribution in [2.24, 2.45) is 4.99 Å². The highest BCUT2D eigenvalue weighted by atomic mass is 16.5. The van der Waals surface area contributed by atoms with Crippen LogP contribution in [0.1, 0.15) is 24.1 Å². The van der Waals surface area contributed by atoms with Gasteiger partial charge in [0, 0.05) is 5.22 Å². The number of aromatic hydroxyl groups is 1. The molecule has 1 fully saturated rings. The van der Waals surface area contributed by atoms with Gasteiger partial charge in [0.15, 0.2) is 5.65 Å². The van der Waals surface area contributed by atoms with E-state index in [4.69, 9.17) is 4.74 Å². The topological polar surface area (TPSA) is 134 Å². The molecule has 10 nitrogen and oxygen atoms in total. The molecule has 0 bridgehead atoms. The van der Waals surface area contributed by atoms with Crippen LogP contribution in [0.2, 0.25) is 0 Å². The Bertz CT molecular complexity index is 1350. The molecule has 3 heterocycles. The van der Waals surface area contributed by atoms with Gasteiger partial charge in [0.05, 0.1) is 12.2 Å². The minimum absolute atomic E-state index is 0.183. The van der Waals surface area contributed by atoms with Crippen LogP contribution < -0.4 is 21.3 Å². The highest BCUT2D eigenvalue weighted by molar-refractivity contribution is 5.56. The first-order chi connectivity index (χ1) is 14.2. The summed E-state index contributed by atoms with van der Waals surface area (Å²) in [5.41, 5.74) is 1.59. The van der Waals surface area contributed by atoms with Crippen LogP contribution >= 0.6 is 0 Å². The molecule has 0 amide bonds. The van der Waals surface area contributed by atoms with Crippen molar-refractivity contribution in [1.82, 2.24) is 29.5 Å². The molecular weight excluding hydrogens is 374 g/mol. The molecule has 1 aliphatic carbocycles. The lowest BCUT2D eigenvalue weighted by atomic mass is 10.2. The standard InChI is InChI=1S/C19H17N7O3/c27-16-14(22-18(28)24-16)8-12-9-20-26-15(12)23-19(25-17(26)21-13-6-7-13)29-10-11-4-2-1-3-5-11/h1-5,8-9,13,27H,6-7,10H2,(H2,22,24,28). The minimum atomic E-state index is -0.504. The molecule has 1 aromatic carbocycles. The number of benzene rings is 1. The summed E-state index contributed by atoms with van der Waals surface area (Å²) in [6.45, 7) is 0.318. The fourth-order valence-corrected chi connectivity index (χ4v) is 2.85. The first kappa shape index (κ1) is 17.2. The lowest BCUT2D eigenvalue weighted by molar-refractivity contribution is 0.278. The zero-order valence-corrected chi connectivity index (χ0v) is 15.2. The van der Waals surface area contributed by atoms with Crippen LogP contribution in [0, 0.1) is 0 Å². The van der Waals surface area contributed by atoms with Crippen LogP contribution in [0.4, 0.5) is 0 Å². The maximum atomic E-state index is 11.4. The van der Waals surface area contributed by atoms with Crippen LogP contribution in [-0.4, -0.2) is 40.7 Å². The molecule has 5 rings (SSSR count). The van der Waals surface area contributed by atoms with Gasteiger partial charge in [-0.1, -0.05) is 30.3 Å². The molecule has 3 aromatic heterocycles. The van der Waals surface area contributed by atoms with E-state index in [0.717, 1.165) is 18.4 Å². The molecule has 0 atom stereocenters. The first-order valence-corrected chi connectivity index (χ1v) is 9.15. The van der Waals surface area contributed by atoms with Gasteiger partial charge in [0.1, 0.15) is 12.3 Å². The van der Waals surface area contributed by atoms with Gasteiger partial charge in [-0.25, -0.2) is 9.79 Å². The zero-order chi connectivity index (χ0) is 19.8. The summed E-state index contributed by atoms with van der Waals surface area (Å²) in [6.07, 6.45) is 5.18. The van der Waals surface area contributed by atoms with E-state index in [9.17, 15) is 9.90 Å². The fourth-order valence-electron chi connectivity index (χ4n) is 2.85. The van der Waals surface area contributed by atoms with Crippen molar-refractivity contribution in [3.05, 3.63) is 69.1 Å². The molecule has 1 saturated carbocycles. The average Bonchev–Trinajstić information content (AvgIpc) is 3.36. The molecule has 0 unspecified atom stereocenters. The number of hydrogen-bond donors (Lipinski definition) is 3. The predicted octanol–water partition coefficient (Wildman–Crippen LogP) is 0.0361. The van der Waals surface area contributed by atoms with Gasteiger partial charge < -0.3 is 14.8 Å². The van der Waals surface area contributed by atoms with E-state index < -0.39 is 5.69 Å². The summed E-state index contributed by atoms with van der Waals surface area (Å²) >= 11 is 0. The number of nitrogens with one attached hydrogen (secondary N) is 2. The van der Waals surface area contributed by atoms with E-state index >= 15 is 0 Å². The number of rotatable bonds is 5. The lowest BCUT2D eigenvalue weighted by Crippen LogP contribution is -2.23. The second-order valence-corrected chi connectivity index (χ2v) is 6.76. The highest BCUT2D eigenvalue weighted by Crippen LogP contribution is 2.22. The maximum Gasteiger partial charge on any atom is 0.326 e. The number of ether oxygens (including phenoxy) is 1. The number of nitrogens with zero attached hydrogens (tertiary/aromatic N) is 5.